The minimum Gasteiger partial charge on any atom is -0.450 e. The molecule has 2 bridgehead atoms. The van der Waals surface area contributed by atoms with Crippen LogP contribution in [-0.4, -0.2) is 22.9 Å². The van der Waals surface area contributed by atoms with E-state index in [0.717, 1.165) is 5.57 Å². The Kier molecular flexibility index (Phi) is 6.14. The van der Waals surface area contributed by atoms with Gasteiger partial charge in [-0.25, -0.2) is 9.98 Å². The fourth-order valence-corrected chi connectivity index (χ4v) is 3.72. The van der Waals surface area contributed by atoms with Gasteiger partial charge in [0.15, 0.2) is 11.8 Å². The maximum Gasteiger partial charge on any atom is 0.267 e. The Morgan fingerprint density at radius 2 is 2.03 bits per heavy atom. The number of nitrogens with zero attached hydrogens (tertiary/aromatic N) is 2. The maximum absolute atomic E-state index is 11.7. The van der Waals surface area contributed by atoms with Crippen molar-refractivity contribution in [1.82, 2.24) is 5.32 Å². The highest BCUT2D eigenvalue weighted by molar-refractivity contribution is 8.03. The molecule has 152 valence electrons. The molecule has 1 atom stereocenters. The van der Waals surface area contributed by atoms with E-state index in [-0.39, 0.29) is 11.1 Å². The Morgan fingerprint density at radius 1 is 1.17 bits per heavy atom. The van der Waals surface area contributed by atoms with Crippen LogP contribution >= 0.6 is 11.8 Å². The van der Waals surface area contributed by atoms with E-state index in [1.165, 1.54) is 24.1 Å². The number of fused-ring (bicyclic) bond motifs is 8. The molecule has 0 fully saturated rings. The predicted octanol–water partition coefficient (Wildman–Crippen LogP) is 3.46. The van der Waals surface area contributed by atoms with Crippen LogP contribution < -0.4 is 11.1 Å². The molecule has 3 N–H and O–H groups in total. The topological polar surface area (TPSA) is 98.3 Å². The second-order valence-electron chi connectivity index (χ2n) is 6.53. The van der Waals surface area contributed by atoms with E-state index in [2.05, 4.69) is 32.9 Å². The van der Waals surface area contributed by atoms with Crippen molar-refractivity contribution in [2.75, 3.05) is 0 Å². The second kappa shape index (κ2) is 9.32. The first-order valence-corrected chi connectivity index (χ1v) is 10.3. The van der Waals surface area contributed by atoms with Crippen LogP contribution in [0.1, 0.15) is 12.8 Å². The largest absolute Gasteiger partial charge is 0.450 e. The quantitative estimate of drug-likeness (QED) is 0.677. The van der Waals surface area contributed by atoms with Crippen molar-refractivity contribution in [3.05, 3.63) is 95.5 Å². The lowest BCUT2D eigenvalue weighted by atomic mass is 10.1. The van der Waals surface area contributed by atoms with Crippen LogP contribution in [0.3, 0.4) is 0 Å². The first-order chi connectivity index (χ1) is 14.7. The minimum atomic E-state index is -0.655. The second-order valence-corrected chi connectivity index (χ2v) is 7.54. The molecule has 8 heteroatoms. The van der Waals surface area contributed by atoms with Gasteiger partial charge in [0, 0.05) is 17.8 Å². The Bertz CT molecular complexity index is 1040. The Morgan fingerprint density at radius 3 is 2.90 bits per heavy atom. The number of nitrogens with two attached hydrogens (primary N) is 1. The molecular formula is C22H20N4O3S. The first-order valence-electron chi connectivity index (χ1n) is 9.35. The molecule has 5 aliphatic heterocycles. The molecule has 0 aromatic carbocycles. The lowest BCUT2D eigenvalue weighted by molar-refractivity contribution is -0.111. The van der Waals surface area contributed by atoms with Gasteiger partial charge in [-0.2, -0.15) is 0 Å². The zero-order chi connectivity index (χ0) is 20.8. The van der Waals surface area contributed by atoms with E-state index in [0.29, 0.717) is 30.3 Å². The summed E-state index contributed by atoms with van der Waals surface area (Å²) in [5.74, 6) is 0.562. The zero-order valence-corrected chi connectivity index (χ0v) is 16.8. The average molecular weight is 420 g/mol. The van der Waals surface area contributed by atoms with Crippen molar-refractivity contribution in [1.29, 1.82) is 0 Å². The molecule has 30 heavy (non-hydrogen) atoms. The van der Waals surface area contributed by atoms with Gasteiger partial charge in [0.2, 0.25) is 0 Å². The fraction of sp³-hybridized carbons (Fsp3) is 0.136. The third-order valence-corrected chi connectivity index (χ3v) is 5.34. The van der Waals surface area contributed by atoms with Gasteiger partial charge in [0.1, 0.15) is 11.1 Å². The number of carbonyl (C=O) groups excluding carboxylic acids is 1. The molecule has 0 saturated heterocycles. The van der Waals surface area contributed by atoms with Crippen LogP contribution in [0.4, 0.5) is 0 Å². The molecule has 0 aromatic heterocycles. The van der Waals surface area contributed by atoms with Crippen molar-refractivity contribution >= 4 is 29.3 Å². The van der Waals surface area contributed by atoms with Crippen LogP contribution in [-0.2, 0) is 14.3 Å². The number of hydrogen-bond acceptors (Lipinski definition) is 7. The van der Waals surface area contributed by atoms with E-state index in [9.17, 15) is 4.79 Å². The molecule has 7 nitrogen and oxygen atoms in total. The van der Waals surface area contributed by atoms with Crippen LogP contribution in [0.2, 0.25) is 0 Å². The average Bonchev–Trinajstić information content (AvgIpc) is 3.15. The summed E-state index contributed by atoms with van der Waals surface area (Å²) in [6.07, 6.45) is 20.9. The Labute approximate surface area is 178 Å². The van der Waals surface area contributed by atoms with Crippen LogP contribution in [0, 0.1) is 0 Å². The SMILES string of the molecule is NC(=O)C1=N/C=C2/CC(=N2)O\C=C/C=C/C=C/CC2=C(NC3SC=CC3=C2)OC=C1. The number of thioether (sulfide) groups is 1. The number of hydrogen-bond donors (Lipinski definition) is 2. The van der Waals surface area contributed by atoms with Gasteiger partial charge in [0.25, 0.3) is 5.91 Å². The minimum absolute atomic E-state index is 0.0695. The van der Waals surface area contributed by atoms with Crippen LogP contribution in [0.25, 0.3) is 0 Å². The molecule has 1 amide bonds. The van der Waals surface area contributed by atoms with Crippen molar-refractivity contribution in [2.45, 2.75) is 18.2 Å². The lowest BCUT2D eigenvalue weighted by Crippen LogP contribution is -2.29. The van der Waals surface area contributed by atoms with Gasteiger partial charge in [-0.1, -0.05) is 24.3 Å². The van der Waals surface area contributed by atoms with Gasteiger partial charge in [-0.15, -0.1) is 11.8 Å². The summed E-state index contributed by atoms with van der Waals surface area (Å²) in [7, 11) is 0. The van der Waals surface area contributed by atoms with Gasteiger partial charge in [-0.05, 0) is 35.6 Å². The van der Waals surface area contributed by atoms with E-state index in [4.69, 9.17) is 15.2 Å². The summed E-state index contributed by atoms with van der Waals surface area (Å²) >= 11 is 1.67. The van der Waals surface area contributed by atoms with Gasteiger partial charge < -0.3 is 20.5 Å². The molecule has 0 aromatic rings. The summed E-state index contributed by atoms with van der Waals surface area (Å²) in [5.41, 5.74) is 8.38. The van der Waals surface area contributed by atoms with Crippen molar-refractivity contribution in [3.8, 4) is 0 Å². The van der Waals surface area contributed by atoms with Crippen molar-refractivity contribution in [3.63, 3.8) is 0 Å². The van der Waals surface area contributed by atoms with Crippen LogP contribution in [0.5, 0.6) is 0 Å². The molecule has 0 aliphatic carbocycles. The number of carbonyl (C=O) groups is 1. The molecule has 5 rings (SSSR count). The number of primary amides is 1. The van der Waals surface area contributed by atoms with E-state index in [1.807, 2.05) is 24.3 Å². The van der Waals surface area contributed by atoms with Crippen molar-refractivity contribution < 1.29 is 14.3 Å². The zero-order valence-electron chi connectivity index (χ0n) is 16.0. The van der Waals surface area contributed by atoms with Gasteiger partial charge in [0.05, 0.1) is 24.6 Å². The first kappa shape index (κ1) is 19.8. The highest BCUT2D eigenvalue weighted by Crippen LogP contribution is 2.33. The third kappa shape index (κ3) is 4.90. The number of rotatable bonds is 1. The lowest BCUT2D eigenvalue weighted by Gasteiger charge is -2.24. The van der Waals surface area contributed by atoms with Gasteiger partial charge >= 0.3 is 0 Å². The number of dihydropyridines is 1. The predicted molar refractivity (Wildman–Crippen MR) is 119 cm³/mol. The van der Waals surface area contributed by atoms with Crippen LogP contribution in [0.15, 0.2) is 105 Å². The smallest absolute Gasteiger partial charge is 0.267 e. The van der Waals surface area contributed by atoms with Gasteiger partial charge in [-0.3, -0.25) is 4.79 Å². The molecular weight excluding hydrogens is 400 g/mol. The fourth-order valence-electron chi connectivity index (χ4n) is 2.85. The van der Waals surface area contributed by atoms with E-state index >= 15 is 0 Å². The van der Waals surface area contributed by atoms with E-state index in [1.54, 1.807) is 24.1 Å². The maximum atomic E-state index is 11.7. The molecule has 0 spiro atoms. The standard InChI is InChI=1S/C22H20N4O3S/c23-20(27)18-7-10-29-21-15(12-16-8-11-30-22(16)26-21)6-4-2-1-3-5-9-28-19-13-17(25-19)14-24-18/h1-5,7-12,14,22,26H,6,13H2,(H2,23,27)/b3-1+,4-2+,9-5-,10-7?,17-14-,24-18?. The van der Waals surface area contributed by atoms with Crippen molar-refractivity contribution in [2.24, 2.45) is 15.7 Å². The summed E-state index contributed by atoms with van der Waals surface area (Å²) < 4.78 is 11.2. The monoisotopic (exact) mass is 420 g/mol. The molecule has 5 heterocycles. The number of nitrogens with one attached hydrogen (secondary N) is 1. The molecule has 0 saturated carbocycles. The number of allylic oxidation sites excluding steroid dienone is 7. The summed E-state index contributed by atoms with van der Waals surface area (Å²) in [6.45, 7) is 0. The third-order valence-electron chi connectivity index (χ3n) is 4.38. The molecule has 5 aliphatic rings. The normalized spacial score (nSPS) is 27.9. The number of aliphatic imine (C=N–C) groups is 2. The Hall–Kier alpha value is -3.52. The number of ether oxygens (including phenoxy) is 2. The number of amides is 1. The summed E-state index contributed by atoms with van der Waals surface area (Å²) in [5, 5.41) is 5.55. The highest BCUT2D eigenvalue weighted by Gasteiger charge is 2.24. The summed E-state index contributed by atoms with van der Waals surface area (Å²) in [4.78, 5) is 20.0. The Balaban J connectivity index is 1.61. The van der Waals surface area contributed by atoms with E-state index < -0.39 is 5.91 Å². The highest BCUT2D eigenvalue weighted by atomic mass is 32.2. The molecule has 1 unspecified atom stereocenters. The molecule has 0 radical (unpaired) electrons. The summed E-state index contributed by atoms with van der Waals surface area (Å²) in [6, 6.07) is 0.